The maximum Gasteiger partial charge on any atom is 0.329 e. The van der Waals surface area contributed by atoms with E-state index in [0.29, 0.717) is 25.4 Å². The van der Waals surface area contributed by atoms with Gasteiger partial charge in [0.15, 0.2) is 11.4 Å². The van der Waals surface area contributed by atoms with Crippen LogP contribution in [0, 0.1) is 11.8 Å². The molecule has 1 saturated carbocycles. The maximum absolute atomic E-state index is 13.4. The number of rotatable bonds is 13. The van der Waals surface area contributed by atoms with E-state index in [-0.39, 0.29) is 42.2 Å². The van der Waals surface area contributed by atoms with Crippen LogP contribution in [0.15, 0.2) is 36.5 Å². The van der Waals surface area contributed by atoms with Crippen molar-refractivity contribution in [2.45, 2.75) is 70.1 Å². The van der Waals surface area contributed by atoms with Crippen molar-refractivity contribution in [3.05, 3.63) is 47.8 Å². The van der Waals surface area contributed by atoms with Crippen LogP contribution in [0.25, 0.3) is 0 Å². The van der Waals surface area contributed by atoms with Crippen molar-refractivity contribution < 1.29 is 42.8 Å². The van der Waals surface area contributed by atoms with E-state index in [2.05, 4.69) is 10.3 Å². The molecule has 4 atom stereocenters. The number of pyridine rings is 1. The van der Waals surface area contributed by atoms with E-state index in [1.54, 1.807) is 7.11 Å². The first-order valence-corrected chi connectivity index (χ1v) is 14.8. The van der Waals surface area contributed by atoms with Gasteiger partial charge in [-0.2, -0.15) is 0 Å². The first-order valence-electron chi connectivity index (χ1n) is 14.8. The highest BCUT2D eigenvalue weighted by atomic mass is 16.6. The van der Waals surface area contributed by atoms with Gasteiger partial charge < -0.3 is 33.7 Å². The zero-order chi connectivity index (χ0) is 30.8. The molecule has 1 aromatic heterocycles. The number of ether oxygens (including phenoxy) is 6. The predicted octanol–water partition coefficient (Wildman–Crippen LogP) is 3.91. The monoisotopic (exact) mass is 598 g/mol. The van der Waals surface area contributed by atoms with Crippen LogP contribution in [0.4, 0.5) is 0 Å². The lowest BCUT2D eigenvalue weighted by Gasteiger charge is -2.31. The molecule has 4 rings (SSSR count). The fourth-order valence-corrected chi connectivity index (χ4v) is 5.23. The molecule has 0 bridgehead atoms. The minimum absolute atomic E-state index is 0.0237. The molecule has 43 heavy (non-hydrogen) atoms. The highest BCUT2D eigenvalue weighted by Crippen LogP contribution is 2.34. The Morgan fingerprint density at radius 1 is 1.02 bits per heavy atom. The van der Waals surface area contributed by atoms with Gasteiger partial charge in [-0.05, 0) is 68.6 Å². The molecule has 1 aromatic carbocycles. The Bertz CT molecular complexity index is 1230. The normalized spacial score (nSPS) is 22.4. The number of amides is 1. The van der Waals surface area contributed by atoms with Gasteiger partial charge in [0.2, 0.25) is 5.75 Å². The summed E-state index contributed by atoms with van der Waals surface area (Å²) in [6, 6.07) is 8.53. The number of carbonyl (C=O) groups excluding carboxylic acids is 3. The van der Waals surface area contributed by atoms with Crippen LogP contribution in [0.2, 0.25) is 0 Å². The number of hydrogen-bond donors (Lipinski definition) is 1. The number of nitrogens with zero attached hydrogens (tertiary/aromatic N) is 1. The molecule has 1 aliphatic carbocycles. The number of cyclic esters (lactones) is 1. The van der Waals surface area contributed by atoms with Gasteiger partial charge in [0.1, 0.15) is 17.9 Å². The minimum atomic E-state index is -0.927. The van der Waals surface area contributed by atoms with Crippen molar-refractivity contribution in [1.29, 1.82) is 0 Å². The van der Waals surface area contributed by atoms with E-state index in [1.807, 2.05) is 31.2 Å². The lowest BCUT2D eigenvalue weighted by atomic mass is 9.86. The summed E-state index contributed by atoms with van der Waals surface area (Å²) in [5, 5.41) is 2.76. The van der Waals surface area contributed by atoms with Crippen LogP contribution in [-0.4, -0.2) is 75.6 Å². The SMILES string of the molecule is COCCC(=O)Oc1c(OC)ccnc1C(=O)NC1CCCC(Cc2ccc(OC)cc2)C(OCC2CC2)C(C)OC1=O. The standard InChI is InChI=1S/C32H42N2O9/c1-20-29(41-19-22-8-9-22)23(18-21-10-12-24(39-3)13-11-21)6-5-7-25(32(37)42-20)34-31(36)28-30(26(40-4)14-16-33-28)43-27(35)15-17-38-2/h10-14,16,20,22-23,25,29H,5-9,15,17-19H2,1-4H3,(H,34,36). The molecule has 2 fully saturated rings. The average Bonchev–Trinajstić information content (AvgIpc) is 3.83. The van der Waals surface area contributed by atoms with Gasteiger partial charge in [-0.3, -0.25) is 9.59 Å². The van der Waals surface area contributed by atoms with E-state index >= 15 is 0 Å². The summed E-state index contributed by atoms with van der Waals surface area (Å²) in [6.45, 7) is 2.64. The maximum atomic E-state index is 13.4. The fraction of sp³-hybridized carbons (Fsp3) is 0.562. The van der Waals surface area contributed by atoms with Crippen LogP contribution in [0.3, 0.4) is 0 Å². The third kappa shape index (κ3) is 9.14. The quantitative estimate of drug-likeness (QED) is 0.339. The number of nitrogens with one attached hydrogen (secondary N) is 1. The van der Waals surface area contributed by atoms with E-state index in [4.69, 9.17) is 28.4 Å². The first kappa shape index (κ1) is 32.2. The Kier molecular flexibility index (Phi) is 11.7. The molecule has 11 nitrogen and oxygen atoms in total. The lowest BCUT2D eigenvalue weighted by Crippen LogP contribution is -2.45. The van der Waals surface area contributed by atoms with Gasteiger partial charge in [0.25, 0.3) is 5.91 Å². The van der Waals surface area contributed by atoms with Gasteiger partial charge in [-0.1, -0.05) is 18.6 Å². The zero-order valence-corrected chi connectivity index (χ0v) is 25.3. The molecular formula is C32H42N2O9. The van der Waals surface area contributed by atoms with E-state index in [0.717, 1.165) is 37.0 Å². The average molecular weight is 599 g/mol. The zero-order valence-electron chi connectivity index (χ0n) is 25.3. The third-order valence-electron chi connectivity index (χ3n) is 7.79. The van der Waals surface area contributed by atoms with Crippen molar-refractivity contribution in [3.8, 4) is 17.2 Å². The minimum Gasteiger partial charge on any atom is -0.497 e. The molecule has 11 heteroatoms. The molecule has 1 N–H and O–H groups in total. The van der Waals surface area contributed by atoms with Gasteiger partial charge >= 0.3 is 11.9 Å². The third-order valence-corrected chi connectivity index (χ3v) is 7.79. The smallest absolute Gasteiger partial charge is 0.329 e. The molecule has 0 spiro atoms. The molecule has 1 aliphatic heterocycles. The number of methoxy groups -OCH3 is 3. The summed E-state index contributed by atoms with van der Waals surface area (Å²) < 4.78 is 33.3. The Labute approximate surface area is 252 Å². The van der Waals surface area contributed by atoms with Crippen LogP contribution < -0.4 is 19.5 Å². The van der Waals surface area contributed by atoms with Crippen molar-refractivity contribution in [2.75, 3.05) is 34.5 Å². The van der Waals surface area contributed by atoms with Crippen LogP contribution >= 0.6 is 0 Å². The number of hydrogen-bond acceptors (Lipinski definition) is 10. The van der Waals surface area contributed by atoms with Gasteiger partial charge in [0, 0.05) is 26.0 Å². The molecule has 2 aromatic rings. The second kappa shape index (κ2) is 15.7. The van der Waals surface area contributed by atoms with Crippen LogP contribution in [-0.2, 0) is 30.2 Å². The summed E-state index contributed by atoms with van der Waals surface area (Å²) in [4.78, 5) is 43.3. The van der Waals surface area contributed by atoms with E-state index in [1.165, 1.54) is 26.5 Å². The first-order chi connectivity index (χ1) is 20.8. The largest absolute Gasteiger partial charge is 0.497 e. The van der Waals surface area contributed by atoms with Crippen molar-refractivity contribution in [1.82, 2.24) is 10.3 Å². The van der Waals surface area contributed by atoms with E-state index in [9.17, 15) is 14.4 Å². The second-order valence-electron chi connectivity index (χ2n) is 11.1. The summed E-state index contributed by atoms with van der Waals surface area (Å²) in [5.41, 5.74) is 0.971. The number of esters is 2. The summed E-state index contributed by atoms with van der Waals surface area (Å²) in [5.74, 6) is -0.363. The number of aromatic nitrogens is 1. The Morgan fingerprint density at radius 3 is 2.47 bits per heavy atom. The Morgan fingerprint density at radius 2 is 1.79 bits per heavy atom. The summed E-state index contributed by atoms with van der Waals surface area (Å²) >= 11 is 0. The van der Waals surface area contributed by atoms with Crippen LogP contribution in [0.5, 0.6) is 17.2 Å². The fourth-order valence-electron chi connectivity index (χ4n) is 5.23. The molecule has 2 aliphatic rings. The van der Waals surface area contributed by atoms with E-state index < -0.39 is 30.0 Å². The summed E-state index contributed by atoms with van der Waals surface area (Å²) in [7, 11) is 4.50. The topological polar surface area (TPSA) is 132 Å². The Balaban J connectivity index is 1.50. The molecule has 4 unspecified atom stereocenters. The predicted molar refractivity (Wildman–Crippen MR) is 156 cm³/mol. The number of benzene rings is 1. The molecule has 2 heterocycles. The molecular weight excluding hydrogens is 556 g/mol. The van der Waals surface area contributed by atoms with Crippen molar-refractivity contribution >= 4 is 17.8 Å². The van der Waals surface area contributed by atoms with Gasteiger partial charge in [0.05, 0.1) is 33.4 Å². The van der Waals surface area contributed by atoms with Crippen LogP contribution in [0.1, 0.15) is 61.5 Å². The highest BCUT2D eigenvalue weighted by Gasteiger charge is 2.37. The summed E-state index contributed by atoms with van der Waals surface area (Å²) in [6.07, 6.45) is 5.37. The molecule has 1 amide bonds. The van der Waals surface area contributed by atoms with Crippen molar-refractivity contribution in [3.63, 3.8) is 0 Å². The number of carbonyl (C=O) groups is 3. The molecule has 0 radical (unpaired) electrons. The molecule has 1 saturated heterocycles. The van der Waals surface area contributed by atoms with Gasteiger partial charge in [-0.25, -0.2) is 9.78 Å². The van der Waals surface area contributed by atoms with Crippen molar-refractivity contribution in [2.24, 2.45) is 11.8 Å². The second-order valence-corrected chi connectivity index (χ2v) is 11.1. The Hall–Kier alpha value is -3.70. The van der Waals surface area contributed by atoms with Gasteiger partial charge in [-0.15, -0.1) is 0 Å². The molecule has 234 valence electrons. The highest BCUT2D eigenvalue weighted by molar-refractivity contribution is 5.98. The lowest BCUT2D eigenvalue weighted by molar-refractivity contribution is -0.161.